The summed E-state index contributed by atoms with van der Waals surface area (Å²) in [7, 11) is 0. The molecule has 0 aliphatic rings. The molecule has 3 nitrogen and oxygen atoms in total. The van der Waals surface area contributed by atoms with Crippen molar-refractivity contribution in [1.82, 2.24) is 15.3 Å². The standard InChI is InChI=1S/C15H19F2N3/c1-9(2)6-18-8-15-19-7-14(20-15)11-5-12(16)10(3)4-13(11)17/h4-5,7,9,18H,6,8H2,1-3H3,(H,19,20). The number of hydrogen-bond acceptors (Lipinski definition) is 2. The highest BCUT2D eigenvalue weighted by molar-refractivity contribution is 5.60. The molecule has 0 saturated heterocycles. The molecule has 0 atom stereocenters. The Morgan fingerprint density at radius 2 is 2.00 bits per heavy atom. The van der Waals surface area contributed by atoms with E-state index in [9.17, 15) is 8.78 Å². The molecule has 0 aliphatic carbocycles. The van der Waals surface area contributed by atoms with Crippen molar-refractivity contribution in [3.05, 3.63) is 41.4 Å². The number of rotatable bonds is 5. The number of nitrogens with zero attached hydrogens (tertiary/aromatic N) is 1. The third-order valence-electron chi connectivity index (χ3n) is 3.01. The van der Waals surface area contributed by atoms with Gasteiger partial charge in [-0.15, -0.1) is 0 Å². The molecule has 0 amide bonds. The van der Waals surface area contributed by atoms with E-state index in [0.29, 0.717) is 29.5 Å². The summed E-state index contributed by atoms with van der Waals surface area (Å²) in [6, 6.07) is 2.39. The zero-order valence-electron chi connectivity index (χ0n) is 11.9. The SMILES string of the molecule is Cc1cc(F)c(-c2cnc(CNCC(C)C)[nH]2)cc1F. The van der Waals surface area contributed by atoms with Crippen LogP contribution in [0.15, 0.2) is 18.3 Å². The van der Waals surface area contributed by atoms with Gasteiger partial charge in [0, 0.05) is 5.56 Å². The second-order valence-electron chi connectivity index (χ2n) is 5.35. The molecule has 108 valence electrons. The summed E-state index contributed by atoms with van der Waals surface area (Å²) in [4.78, 5) is 7.19. The lowest BCUT2D eigenvalue weighted by Gasteiger charge is -2.05. The summed E-state index contributed by atoms with van der Waals surface area (Å²) in [6.45, 7) is 7.23. The molecular weight excluding hydrogens is 260 g/mol. The molecule has 0 radical (unpaired) electrons. The van der Waals surface area contributed by atoms with E-state index in [1.165, 1.54) is 25.3 Å². The fourth-order valence-corrected chi connectivity index (χ4v) is 1.92. The van der Waals surface area contributed by atoms with Gasteiger partial charge in [0.2, 0.25) is 0 Å². The summed E-state index contributed by atoms with van der Waals surface area (Å²) in [6.07, 6.45) is 1.53. The van der Waals surface area contributed by atoms with Crippen molar-refractivity contribution >= 4 is 0 Å². The second kappa shape index (κ2) is 6.13. The number of aromatic amines is 1. The van der Waals surface area contributed by atoms with Gasteiger partial charge in [0.05, 0.1) is 18.4 Å². The Kier molecular flexibility index (Phi) is 4.49. The number of nitrogens with one attached hydrogen (secondary N) is 2. The van der Waals surface area contributed by atoms with Gasteiger partial charge < -0.3 is 10.3 Å². The van der Waals surface area contributed by atoms with Crippen molar-refractivity contribution in [2.45, 2.75) is 27.3 Å². The van der Waals surface area contributed by atoms with E-state index in [1.54, 1.807) is 0 Å². The van der Waals surface area contributed by atoms with E-state index in [-0.39, 0.29) is 5.56 Å². The van der Waals surface area contributed by atoms with E-state index in [2.05, 4.69) is 29.1 Å². The van der Waals surface area contributed by atoms with Gasteiger partial charge >= 0.3 is 0 Å². The van der Waals surface area contributed by atoms with Gasteiger partial charge in [-0.05, 0) is 37.1 Å². The van der Waals surface area contributed by atoms with E-state index >= 15 is 0 Å². The largest absolute Gasteiger partial charge is 0.341 e. The lowest BCUT2D eigenvalue weighted by atomic mass is 10.1. The Labute approximate surface area is 117 Å². The average Bonchev–Trinajstić information content (AvgIpc) is 2.82. The lowest BCUT2D eigenvalue weighted by molar-refractivity contribution is 0.544. The van der Waals surface area contributed by atoms with Crippen molar-refractivity contribution < 1.29 is 8.78 Å². The van der Waals surface area contributed by atoms with Crippen LogP contribution >= 0.6 is 0 Å². The van der Waals surface area contributed by atoms with Crippen LogP contribution in [0.25, 0.3) is 11.3 Å². The van der Waals surface area contributed by atoms with Crippen molar-refractivity contribution in [1.29, 1.82) is 0 Å². The summed E-state index contributed by atoms with van der Waals surface area (Å²) < 4.78 is 27.4. The van der Waals surface area contributed by atoms with E-state index in [0.717, 1.165) is 6.54 Å². The first kappa shape index (κ1) is 14.7. The molecule has 0 spiro atoms. The van der Waals surface area contributed by atoms with Crippen molar-refractivity contribution in [2.75, 3.05) is 6.54 Å². The van der Waals surface area contributed by atoms with Crippen LogP contribution in [0.3, 0.4) is 0 Å². The molecule has 5 heteroatoms. The molecule has 0 fully saturated rings. The van der Waals surface area contributed by atoms with Gasteiger partial charge in [-0.3, -0.25) is 0 Å². The highest BCUT2D eigenvalue weighted by atomic mass is 19.1. The number of hydrogen-bond donors (Lipinski definition) is 2. The zero-order chi connectivity index (χ0) is 14.7. The molecule has 1 aromatic carbocycles. The maximum absolute atomic E-state index is 13.9. The van der Waals surface area contributed by atoms with E-state index < -0.39 is 11.6 Å². The molecular formula is C15H19F2N3. The van der Waals surface area contributed by atoms with Crippen LogP contribution in [0.2, 0.25) is 0 Å². The minimum Gasteiger partial charge on any atom is -0.341 e. The molecule has 2 aromatic rings. The number of imidazole rings is 1. The normalized spacial score (nSPS) is 11.3. The predicted molar refractivity (Wildman–Crippen MR) is 75.2 cm³/mol. The van der Waals surface area contributed by atoms with E-state index in [1.807, 2.05) is 0 Å². The maximum Gasteiger partial charge on any atom is 0.133 e. The van der Waals surface area contributed by atoms with Gasteiger partial charge in [-0.2, -0.15) is 0 Å². The minimum absolute atomic E-state index is 0.204. The Bertz CT molecular complexity index is 591. The third kappa shape index (κ3) is 3.42. The molecule has 1 aromatic heterocycles. The first-order valence-corrected chi connectivity index (χ1v) is 6.68. The summed E-state index contributed by atoms with van der Waals surface area (Å²) >= 11 is 0. The van der Waals surface area contributed by atoms with Crippen LogP contribution in [0.4, 0.5) is 8.78 Å². The predicted octanol–water partition coefficient (Wildman–Crippen LogP) is 3.41. The topological polar surface area (TPSA) is 40.7 Å². The summed E-state index contributed by atoms with van der Waals surface area (Å²) in [5, 5.41) is 3.24. The lowest BCUT2D eigenvalue weighted by Crippen LogP contribution is -2.19. The Morgan fingerprint density at radius 3 is 2.70 bits per heavy atom. The number of aromatic nitrogens is 2. The fourth-order valence-electron chi connectivity index (χ4n) is 1.92. The van der Waals surface area contributed by atoms with Crippen LogP contribution in [-0.2, 0) is 6.54 Å². The molecule has 0 saturated carbocycles. The first-order valence-electron chi connectivity index (χ1n) is 6.68. The number of H-pyrrole nitrogens is 1. The zero-order valence-corrected chi connectivity index (χ0v) is 11.9. The van der Waals surface area contributed by atoms with Gasteiger partial charge in [0.15, 0.2) is 0 Å². The van der Waals surface area contributed by atoms with Crippen LogP contribution in [0.5, 0.6) is 0 Å². The molecule has 0 bridgehead atoms. The van der Waals surface area contributed by atoms with Crippen LogP contribution in [0, 0.1) is 24.5 Å². The molecule has 2 rings (SSSR count). The number of aryl methyl sites for hydroxylation is 1. The quantitative estimate of drug-likeness (QED) is 0.880. The fraction of sp³-hybridized carbons (Fsp3) is 0.400. The Hall–Kier alpha value is -1.75. The first-order chi connectivity index (χ1) is 9.47. The van der Waals surface area contributed by atoms with Gasteiger partial charge in [-0.25, -0.2) is 13.8 Å². The van der Waals surface area contributed by atoms with E-state index in [4.69, 9.17) is 0 Å². The maximum atomic E-state index is 13.9. The van der Waals surface area contributed by atoms with Crippen LogP contribution in [-0.4, -0.2) is 16.5 Å². The van der Waals surface area contributed by atoms with Gasteiger partial charge in [-0.1, -0.05) is 13.8 Å². The Morgan fingerprint density at radius 1 is 1.25 bits per heavy atom. The molecule has 2 N–H and O–H groups in total. The third-order valence-corrected chi connectivity index (χ3v) is 3.01. The summed E-state index contributed by atoms with van der Waals surface area (Å²) in [5.41, 5.74) is 0.989. The minimum atomic E-state index is -0.450. The van der Waals surface area contributed by atoms with Gasteiger partial charge in [0.25, 0.3) is 0 Å². The summed E-state index contributed by atoms with van der Waals surface area (Å²) in [5.74, 6) is 0.388. The monoisotopic (exact) mass is 279 g/mol. The smallest absolute Gasteiger partial charge is 0.133 e. The van der Waals surface area contributed by atoms with Crippen LogP contribution in [0.1, 0.15) is 25.2 Å². The highest BCUT2D eigenvalue weighted by Crippen LogP contribution is 2.23. The molecule has 0 unspecified atom stereocenters. The Balaban J connectivity index is 2.14. The number of halogens is 2. The number of benzene rings is 1. The van der Waals surface area contributed by atoms with Crippen molar-refractivity contribution in [3.8, 4) is 11.3 Å². The highest BCUT2D eigenvalue weighted by Gasteiger charge is 2.11. The van der Waals surface area contributed by atoms with Crippen molar-refractivity contribution in [3.63, 3.8) is 0 Å². The second-order valence-corrected chi connectivity index (χ2v) is 5.35. The van der Waals surface area contributed by atoms with Gasteiger partial charge in [0.1, 0.15) is 17.5 Å². The molecule has 1 heterocycles. The van der Waals surface area contributed by atoms with Crippen molar-refractivity contribution in [2.24, 2.45) is 5.92 Å². The molecule has 0 aliphatic heterocycles. The average molecular weight is 279 g/mol. The van der Waals surface area contributed by atoms with Crippen LogP contribution < -0.4 is 5.32 Å². The molecule has 20 heavy (non-hydrogen) atoms.